The molecule has 3 aromatic carbocycles. The second kappa shape index (κ2) is 11.3. The van der Waals surface area contributed by atoms with E-state index in [1.807, 2.05) is 57.2 Å². The van der Waals surface area contributed by atoms with Gasteiger partial charge in [0.15, 0.2) is 0 Å². The van der Waals surface area contributed by atoms with Crippen molar-refractivity contribution in [2.75, 3.05) is 28.6 Å². The number of aromatic nitrogens is 4. The minimum atomic E-state index is -4.43. The van der Waals surface area contributed by atoms with E-state index in [0.29, 0.717) is 22.6 Å². The number of hydrogen-bond donors (Lipinski definition) is 3. The van der Waals surface area contributed by atoms with Gasteiger partial charge in [-0.05, 0) is 53.4 Å². The van der Waals surface area contributed by atoms with Gasteiger partial charge in [0.25, 0.3) is 0 Å². The van der Waals surface area contributed by atoms with Gasteiger partial charge >= 0.3 is 12.2 Å². The highest BCUT2D eigenvalue weighted by molar-refractivity contribution is 6.02. The second-order valence-electron chi connectivity index (χ2n) is 9.35. The first-order valence-corrected chi connectivity index (χ1v) is 12.0. The van der Waals surface area contributed by atoms with Crippen molar-refractivity contribution in [1.82, 2.24) is 20.6 Å². The van der Waals surface area contributed by atoms with E-state index in [1.165, 1.54) is 4.90 Å². The van der Waals surface area contributed by atoms with Gasteiger partial charge in [0.05, 0.1) is 11.4 Å². The summed E-state index contributed by atoms with van der Waals surface area (Å²) in [5, 5.41) is 19.7. The Kier molecular flexibility index (Phi) is 7.94. The van der Waals surface area contributed by atoms with E-state index >= 15 is 0 Å². The lowest BCUT2D eigenvalue weighted by Crippen LogP contribution is -2.37. The molecular formula is C27H28F3N7O. The summed E-state index contributed by atoms with van der Waals surface area (Å²) >= 11 is 0. The largest absolute Gasteiger partial charge is 0.405 e. The number of hydrogen-bond acceptors (Lipinski definition) is 5. The summed E-state index contributed by atoms with van der Waals surface area (Å²) in [4.78, 5) is 14.2. The lowest BCUT2D eigenvalue weighted by atomic mass is 9.98. The highest BCUT2D eigenvalue weighted by Gasteiger charge is 2.32. The molecule has 11 heteroatoms. The van der Waals surface area contributed by atoms with Crippen LogP contribution in [-0.2, 0) is 0 Å². The molecule has 0 atom stereocenters. The third-order valence-electron chi connectivity index (χ3n) is 5.67. The maximum absolute atomic E-state index is 13.5. The number of alkyl halides is 3. The van der Waals surface area contributed by atoms with Gasteiger partial charge in [0, 0.05) is 17.8 Å². The fourth-order valence-electron chi connectivity index (χ4n) is 4.11. The van der Waals surface area contributed by atoms with Crippen molar-refractivity contribution in [3.05, 3.63) is 72.3 Å². The van der Waals surface area contributed by atoms with Crippen molar-refractivity contribution in [1.29, 1.82) is 0 Å². The maximum Gasteiger partial charge on any atom is 0.405 e. The third kappa shape index (κ3) is 6.87. The number of urea groups is 1. The molecule has 0 saturated carbocycles. The van der Waals surface area contributed by atoms with Crippen molar-refractivity contribution in [3.63, 3.8) is 0 Å². The number of aromatic amines is 1. The van der Waals surface area contributed by atoms with Crippen LogP contribution in [-0.4, -0.2) is 45.9 Å². The first-order valence-electron chi connectivity index (χ1n) is 12.0. The van der Waals surface area contributed by atoms with E-state index in [1.54, 1.807) is 30.3 Å². The molecule has 198 valence electrons. The van der Waals surface area contributed by atoms with Crippen molar-refractivity contribution >= 4 is 23.1 Å². The maximum atomic E-state index is 13.5. The number of tetrazole rings is 1. The van der Waals surface area contributed by atoms with Gasteiger partial charge in [-0.3, -0.25) is 0 Å². The van der Waals surface area contributed by atoms with E-state index in [4.69, 9.17) is 0 Å². The van der Waals surface area contributed by atoms with Crippen LogP contribution in [0.3, 0.4) is 0 Å². The van der Waals surface area contributed by atoms with Gasteiger partial charge in [-0.1, -0.05) is 61.9 Å². The topological polar surface area (TPSA) is 98.8 Å². The molecule has 2 amide bonds. The fraction of sp³-hybridized carbons (Fsp3) is 0.259. The number of anilines is 3. The first kappa shape index (κ1) is 26.6. The molecule has 0 fully saturated rings. The van der Waals surface area contributed by atoms with Gasteiger partial charge < -0.3 is 15.5 Å². The number of benzene rings is 3. The smallest absolute Gasteiger partial charge is 0.361 e. The van der Waals surface area contributed by atoms with Gasteiger partial charge in [-0.2, -0.15) is 18.4 Å². The molecule has 38 heavy (non-hydrogen) atoms. The van der Waals surface area contributed by atoms with Crippen molar-refractivity contribution < 1.29 is 18.0 Å². The molecule has 4 rings (SSSR count). The second-order valence-corrected chi connectivity index (χ2v) is 9.35. The number of carbonyl (C=O) groups excluding carboxylic acids is 1. The van der Waals surface area contributed by atoms with E-state index in [9.17, 15) is 18.0 Å². The summed E-state index contributed by atoms with van der Waals surface area (Å²) in [7, 11) is 0. The third-order valence-corrected chi connectivity index (χ3v) is 5.67. The zero-order chi connectivity index (χ0) is 27.3. The normalized spacial score (nSPS) is 11.4. The lowest BCUT2D eigenvalue weighted by molar-refractivity contribution is -0.119. The van der Waals surface area contributed by atoms with Crippen molar-refractivity contribution in [2.24, 2.45) is 5.92 Å². The molecule has 4 aromatic rings. The summed E-state index contributed by atoms with van der Waals surface area (Å²) in [5.74, 6) is 0.319. The van der Waals surface area contributed by atoms with Crippen LogP contribution in [0.25, 0.3) is 22.5 Å². The van der Waals surface area contributed by atoms with E-state index in [2.05, 4.69) is 31.3 Å². The lowest BCUT2D eigenvalue weighted by Gasteiger charge is -2.30. The van der Waals surface area contributed by atoms with Crippen LogP contribution in [0.1, 0.15) is 19.4 Å². The molecule has 0 aliphatic heterocycles. The zero-order valence-electron chi connectivity index (χ0n) is 21.2. The molecule has 0 saturated heterocycles. The average Bonchev–Trinajstić information content (AvgIpc) is 3.39. The molecule has 0 aliphatic carbocycles. The van der Waals surface area contributed by atoms with E-state index in [-0.39, 0.29) is 23.8 Å². The Hall–Kier alpha value is -4.41. The summed E-state index contributed by atoms with van der Waals surface area (Å²) < 4.78 is 40.6. The predicted octanol–water partition coefficient (Wildman–Crippen LogP) is 6.51. The molecule has 0 aliphatic rings. The van der Waals surface area contributed by atoms with E-state index < -0.39 is 18.8 Å². The Balaban J connectivity index is 1.76. The number of amides is 2. The average molecular weight is 524 g/mol. The van der Waals surface area contributed by atoms with Crippen LogP contribution in [0.15, 0.2) is 66.7 Å². The summed E-state index contributed by atoms with van der Waals surface area (Å²) in [6.45, 7) is 4.61. The summed E-state index contributed by atoms with van der Waals surface area (Å²) in [5.41, 5.74) is 4.16. The number of aryl methyl sites for hydroxylation is 1. The molecular weight excluding hydrogens is 495 g/mol. The van der Waals surface area contributed by atoms with Gasteiger partial charge in [-0.25, -0.2) is 4.79 Å². The number of H-pyrrole nitrogens is 1. The van der Waals surface area contributed by atoms with Crippen LogP contribution in [0.5, 0.6) is 0 Å². The molecule has 0 radical (unpaired) electrons. The molecule has 0 unspecified atom stereocenters. The van der Waals surface area contributed by atoms with Gasteiger partial charge in [0.2, 0.25) is 5.82 Å². The first-order chi connectivity index (χ1) is 18.1. The van der Waals surface area contributed by atoms with E-state index in [0.717, 1.165) is 11.1 Å². The van der Waals surface area contributed by atoms with Crippen molar-refractivity contribution in [2.45, 2.75) is 26.9 Å². The number of nitrogens with one attached hydrogen (secondary N) is 3. The SMILES string of the molecule is Cc1ccc(NC(=O)Nc2cc(-c3ccccc3-c3nn[nH]n3)ccc2N(CC(C)C)CC(F)(F)F)cc1. The Morgan fingerprint density at radius 3 is 2.34 bits per heavy atom. The zero-order valence-corrected chi connectivity index (χ0v) is 21.2. The quantitative estimate of drug-likeness (QED) is 0.245. The number of halogens is 3. The standard InChI is InChI=1S/C27H28F3N7O/c1-17(2)15-37(16-27(28,29)30)24-13-10-19(21-6-4-5-7-22(21)25-33-35-36-34-25)14-23(24)32-26(38)31-20-11-8-18(3)9-12-20/h4-14,17H,15-16H2,1-3H3,(H2,31,32,38)(H,33,34,35,36). The van der Waals surface area contributed by atoms with Crippen molar-refractivity contribution in [3.8, 4) is 22.5 Å². The molecule has 8 nitrogen and oxygen atoms in total. The number of rotatable bonds is 8. The Bertz CT molecular complexity index is 1370. The fourth-order valence-corrected chi connectivity index (χ4v) is 4.11. The van der Waals surface area contributed by atoms with Crippen LogP contribution in [0.4, 0.5) is 35.0 Å². The van der Waals surface area contributed by atoms with Crippen LogP contribution >= 0.6 is 0 Å². The van der Waals surface area contributed by atoms with Crippen LogP contribution < -0.4 is 15.5 Å². The highest BCUT2D eigenvalue weighted by Crippen LogP contribution is 2.37. The molecule has 0 spiro atoms. The van der Waals surface area contributed by atoms with Gasteiger partial charge in [-0.15, -0.1) is 10.2 Å². The Labute approximate surface area is 218 Å². The number of carbonyl (C=O) groups is 1. The minimum Gasteiger partial charge on any atom is -0.361 e. The summed E-state index contributed by atoms with van der Waals surface area (Å²) in [6, 6.07) is 18.9. The molecule has 3 N–H and O–H groups in total. The molecule has 1 heterocycles. The molecule has 1 aromatic heterocycles. The monoisotopic (exact) mass is 523 g/mol. The Morgan fingerprint density at radius 1 is 1.00 bits per heavy atom. The van der Waals surface area contributed by atoms with Crippen LogP contribution in [0, 0.1) is 12.8 Å². The van der Waals surface area contributed by atoms with Crippen LogP contribution in [0.2, 0.25) is 0 Å². The Morgan fingerprint density at radius 2 is 1.71 bits per heavy atom. The molecule has 0 bridgehead atoms. The highest BCUT2D eigenvalue weighted by atomic mass is 19.4. The van der Waals surface area contributed by atoms with Gasteiger partial charge in [0.1, 0.15) is 6.54 Å². The number of nitrogens with zero attached hydrogens (tertiary/aromatic N) is 4. The minimum absolute atomic E-state index is 0.0507. The predicted molar refractivity (Wildman–Crippen MR) is 142 cm³/mol. The summed E-state index contributed by atoms with van der Waals surface area (Å²) in [6.07, 6.45) is -4.43.